The highest BCUT2D eigenvalue weighted by Crippen LogP contribution is 2.24. The summed E-state index contributed by atoms with van der Waals surface area (Å²) in [5.74, 6) is 0.201. The zero-order chi connectivity index (χ0) is 22.3. The van der Waals surface area contributed by atoms with Gasteiger partial charge < -0.3 is 10.1 Å². The molecule has 0 aliphatic rings. The van der Waals surface area contributed by atoms with Crippen LogP contribution in [0.15, 0.2) is 72.9 Å². The number of carbonyl (C=O) groups excluding carboxylic acids is 1. The number of amides is 1. The molecular weight excluding hydrogens is 414 g/mol. The van der Waals surface area contributed by atoms with E-state index in [-0.39, 0.29) is 19.1 Å². The Bertz CT molecular complexity index is 1100. The molecule has 0 saturated heterocycles. The van der Waals surface area contributed by atoms with Gasteiger partial charge >= 0.3 is 0 Å². The van der Waals surface area contributed by atoms with Crippen LogP contribution in [0.2, 0.25) is 0 Å². The van der Waals surface area contributed by atoms with Crippen molar-refractivity contribution >= 4 is 21.6 Å². The smallest absolute Gasteiger partial charge is 0.258 e. The highest BCUT2D eigenvalue weighted by molar-refractivity contribution is 7.92. The molecule has 0 fully saturated rings. The van der Waals surface area contributed by atoms with Gasteiger partial charge in [0.25, 0.3) is 5.91 Å². The quantitative estimate of drug-likeness (QED) is 0.554. The first-order chi connectivity index (χ1) is 14.8. The summed E-state index contributed by atoms with van der Waals surface area (Å²) in [6.07, 6.45) is 2.84. The largest absolute Gasteiger partial charge is 0.484 e. The summed E-state index contributed by atoms with van der Waals surface area (Å²) in [5.41, 5.74) is 3.28. The minimum absolute atomic E-state index is 0.147. The Morgan fingerprint density at radius 2 is 1.74 bits per heavy atom. The van der Waals surface area contributed by atoms with Crippen molar-refractivity contribution in [1.82, 2.24) is 10.3 Å². The van der Waals surface area contributed by atoms with Gasteiger partial charge in [-0.25, -0.2) is 8.42 Å². The Morgan fingerprint density at radius 1 is 1.03 bits per heavy atom. The lowest BCUT2D eigenvalue weighted by Gasteiger charge is -2.23. The van der Waals surface area contributed by atoms with Gasteiger partial charge in [0.1, 0.15) is 5.75 Å². The van der Waals surface area contributed by atoms with Crippen molar-refractivity contribution in [2.75, 3.05) is 17.2 Å². The molecule has 0 unspecified atom stereocenters. The van der Waals surface area contributed by atoms with Gasteiger partial charge in [-0.2, -0.15) is 0 Å². The average molecular weight is 440 g/mol. The van der Waals surface area contributed by atoms with Crippen molar-refractivity contribution in [3.8, 4) is 5.75 Å². The standard InChI is InChI=1S/C23H25N3O4S/c1-18-6-8-19(9-7-18)16-26(31(2,28)29)21-10-12-22(13-11-21)30-17-23(27)25-15-20-5-3-4-14-24-20/h3-14H,15-17H2,1-2H3,(H,25,27). The molecule has 1 amide bonds. The second-order valence-corrected chi connectivity index (χ2v) is 9.04. The van der Waals surface area contributed by atoms with E-state index in [9.17, 15) is 13.2 Å². The molecule has 1 N–H and O–H groups in total. The van der Waals surface area contributed by atoms with E-state index in [0.717, 1.165) is 16.8 Å². The molecule has 0 aliphatic heterocycles. The molecule has 0 saturated carbocycles. The summed E-state index contributed by atoms with van der Waals surface area (Å²) in [6, 6.07) is 19.8. The number of aromatic nitrogens is 1. The van der Waals surface area contributed by atoms with E-state index in [1.54, 1.807) is 30.5 Å². The third kappa shape index (κ3) is 6.82. The van der Waals surface area contributed by atoms with Crippen molar-refractivity contribution in [3.05, 3.63) is 89.7 Å². The van der Waals surface area contributed by atoms with Crippen LogP contribution in [0.3, 0.4) is 0 Å². The molecule has 31 heavy (non-hydrogen) atoms. The van der Waals surface area contributed by atoms with Crippen LogP contribution in [-0.4, -0.2) is 32.2 Å². The van der Waals surface area contributed by atoms with Crippen molar-refractivity contribution in [1.29, 1.82) is 0 Å². The van der Waals surface area contributed by atoms with E-state index in [2.05, 4.69) is 10.3 Å². The summed E-state index contributed by atoms with van der Waals surface area (Å²) >= 11 is 0. The SMILES string of the molecule is Cc1ccc(CN(c2ccc(OCC(=O)NCc3ccccn3)cc2)S(C)(=O)=O)cc1. The number of ether oxygens (including phenoxy) is 1. The number of carbonyl (C=O) groups is 1. The summed E-state index contributed by atoms with van der Waals surface area (Å²) in [4.78, 5) is 16.1. The number of anilines is 1. The fourth-order valence-electron chi connectivity index (χ4n) is 2.86. The number of nitrogens with one attached hydrogen (secondary N) is 1. The lowest BCUT2D eigenvalue weighted by Crippen LogP contribution is -2.29. The minimum Gasteiger partial charge on any atom is -0.484 e. The topological polar surface area (TPSA) is 88.6 Å². The molecule has 2 aromatic carbocycles. The molecule has 0 aliphatic carbocycles. The number of hydrogen-bond acceptors (Lipinski definition) is 5. The Hall–Kier alpha value is -3.39. The normalized spacial score (nSPS) is 11.0. The maximum Gasteiger partial charge on any atom is 0.258 e. The lowest BCUT2D eigenvalue weighted by atomic mass is 10.1. The number of sulfonamides is 1. The van der Waals surface area contributed by atoms with Crippen LogP contribution in [0.4, 0.5) is 5.69 Å². The van der Waals surface area contributed by atoms with Crippen LogP contribution in [0.25, 0.3) is 0 Å². The van der Waals surface area contributed by atoms with Gasteiger partial charge in [0.05, 0.1) is 30.7 Å². The minimum atomic E-state index is -3.48. The third-order valence-corrected chi connectivity index (χ3v) is 5.68. The van der Waals surface area contributed by atoms with Gasteiger partial charge in [-0.05, 0) is 48.9 Å². The fraction of sp³-hybridized carbons (Fsp3) is 0.217. The highest BCUT2D eigenvalue weighted by atomic mass is 32.2. The monoisotopic (exact) mass is 439 g/mol. The van der Waals surface area contributed by atoms with E-state index < -0.39 is 10.0 Å². The lowest BCUT2D eigenvalue weighted by molar-refractivity contribution is -0.123. The van der Waals surface area contributed by atoms with Gasteiger partial charge in [-0.1, -0.05) is 35.9 Å². The molecule has 162 valence electrons. The number of benzene rings is 2. The molecule has 8 heteroatoms. The molecule has 1 aromatic heterocycles. The van der Waals surface area contributed by atoms with Crippen molar-refractivity contribution in [2.24, 2.45) is 0 Å². The van der Waals surface area contributed by atoms with Crippen molar-refractivity contribution < 1.29 is 17.9 Å². The zero-order valence-electron chi connectivity index (χ0n) is 17.5. The Kier molecular flexibility index (Phi) is 7.25. The molecule has 7 nitrogen and oxygen atoms in total. The number of pyridine rings is 1. The maximum atomic E-state index is 12.3. The number of hydrogen-bond donors (Lipinski definition) is 1. The number of rotatable bonds is 9. The predicted molar refractivity (Wildman–Crippen MR) is 120 cm³/mol. The Labute approximate surface area is 182 Å². The first-order valence-corrected chi connectivity index (χ1v) is 11.6. The van der Waals surface area contributed by atoms with Crippen LogP contribution in [0.5, 0.6) is 5.75 Å². The van der Waals surface area contributed by atoms with Gasteiger partial charge in [-0.3, -0.25) is 14.1 Å². The summed E-state index contributed by atoms with van der Waals surface area (Å²) in [7, 11) is -3.48. The molecule has 3 rings (SSSR count). The molecular formula is C23H25N3O4S. The molecule has 0 radical (unpaired) electrons. The van der Waals surface area contributed by atoms with Crippen LogP contribution in [0, 0.1) is 6.92 Å². The Morgan fingerprint density at radius 3 is 2.35 bits per heavy atom. The van der Waals surface area contributed by atoms with E-state index in [0.29, 0.717) is 18.0 Å². The van der Waals surface area contributed by atoms with Crippen LogP contribution >= 0.6 is 0 Å². The summed E-state index contributed by atoms with van der Waals surface area (Å²) in [5, 5.41) is 2.74. The van der Waals surface area contributed by atoms with Crippen LogP contribution in [-0.2, 0) is 27.9 Å². The number of aryl methyl sites for hydroxylation is 1. The molecule has 0 bridgehead atoms. The first kappa shape index (κ1) is 22.3. The van der Waals surface area contributed by atoms with Crippen molar-refractivity contribution in [2.45, 2.75) is 20.0 Å². The second kappa shape index (κ2) is 10.1. The van der Waals surface area contributed by atoms with Crippen molar-refractivity contribution in [3.63, 3.8) is 0 Å². The summed E-state index contributed by atoms with van der Waals surface area (Å²) < 4.78 is 31.5. The van der Waals surface area contributed by atoms with Gasteiger partial charge in [-0.15, -0.1) is 0 Å². The van der Waals surface area contributed by atoms with Gasteiger partial charge in [0, 0.05) is 6.20 Å². The summed E-state index contributed by atoms with van der Waals surface area (Å²) in [6.45, 7) is 2.39. The molecule has 0 atom stereocenters. The van der Waals surface area contributed by atoms with Crippen LogP contribution in [0.1, 0.15) is 16.8 Å². The molecule has 0 spiro atoms. The zero-order valence-corrected chi connectivity index (χ0v) is 18.3. The van der Waals surface area contributed by atoms with E-state index in [1.165, 1.54) is 10.6 Å². The Balaban J connectivity index is 1.59. The van der Waals surface area contributed by atoms with E-state index >= 15 is 0 Å². The van der Waals surface area contributed by atoms with Gasteiger partial charge in [0.15, 0.2) is 6.61 Å². The van der Waals surface area contributed by atoms with Gasteiger partial charge in [0.2, 0.25) is 10.0 Å². The fourth-order valence-corrected chi connectivity index (χ4v) is 3.75. The average Bonchev–Trinajstić information content (AvgIpc) is 2.76. The molecule has 3 aromatic rings. The maximum absolute atomic E-state index is 12.3. The second-order valence-electron chi connectivity index (χ2n) is 7.14. The first-order valence-electron chi connectivity index (χ1n) is 9.74. The highest BCUT2D eigenvalue weighted by Gasteiger charge is 2.18. The van der Waals surface area contributed by atoms with E-state index in [1.807, 2.05) is 49.4 Å². The third-order valence-electron chi connectivity index (χ3n) is 4.53. The van der Waals surface area contributed by atoms with Crippen LogP contribution < -0.4 is 14.4 Å². The molecule has 1 heterocycles. The van der Waals surface area contributed by atoms with E-state index in [4.69, 9.17) is 4.74 Å². The number of nitrogens with zero attached hydrogens (tertiary/aromatic N) is 2. The predicted octanol–water partition coefficient (Wildman–Crippen LogP) is 3.05.